The molecule has 7 nitrogen and oxygen atoms in total. The molecule has 2 heterocycles. The standard InChI is InChI=1S/C23H25N3O4/c24-21(27)14-26-10-8-18(9-11-26)25-22(28)16-6-7-19-17(12-16)13-20(30-23(19)29)15-4-2-1-3-5-15/h1-7,12,18,20H,8-11,13-14H2,(H2,24,27)(H,25,28). The lowest BCUT2D eigenvalue weighted by Crippen LogP contribution is -2.46. The molecule has 0 saturated carbocycles. The summed E-state index contributed by atoms with van der Waals surface area (Å²) in [6, 6.07) is 14.8. The van der Waals surface area contributed by atoms with Gasteiger partial charge in [-0.25, -0.2) is 4.79 Å². The van der Waals surface area contributed by atoms with Crippen LogP contribution in [-0.2, 0) is 16.0 Å². The summed E-state index contributed by atoms with van der Waals surface area (Å²) < 4.78 is 5.58. The number of primary amides is 1. The highest BCUT2D eigenvalue weighted by Gasteiger charge is 2.28. The van der Waals surface area contributed by atoms with Crippen LogP contribution in [0.25, 0.3) is 0 Å². The number of ether oxygens (including phenoxy) is 1. The van der Waals surface area contributed by atoms with Gasteiger partial charge in [0.05, 0.1) is 12.1 Å². The first-order valence-corrected chi connectivity index (χ1v) is 10.2. The number of piperidine rings is 1. The topological polar surface area (TPSA) is 102 Å². The van der Waals surface area contributed by atoms with E-state index in [0.29, 0.717) is 17.5 Å². The van der Waals surface area contributed by atoms with Crippen molar-refractivity contribution in [2.45, 2.75) is 31.4 Å². The van der Waals surface area contributed by atoms with Crippen molar-refractivity contribution in [3.63, 3.8) is 0 Å². The number of nitrogens with zero attached hydrogens (tertiary/aromatic N) is 1. The first-order chi connectivity index (χ1) is 14.5. The lowest BCUT2D eigenvalue weighted by atomic mass is 9.93. The second kappa shape index (κ2) is 8.67. The van der Waals surface area contributed by atoms with E-state index in [9.17, 15) is 14.4 Å². The van der Waals surface area contributed by atoms with Gasteiger partial charge in [-0.3, -0.25) is 14.5 Å². The third-order valence-electron chi connectivity index (χ3n) is 5.72. The number of fused-ring (bicyclic) bond motifs is 1. The molecule has 1 fully saturated rings. The van der Waals surface area contributed by atoms with E-state index in [4.69, 9.17) is 10.5 Å². The van der Waals surface area contributed by atoms with Crippen LogP contribution >= 0.6 is 0 Å². The second-order valence-electron chi connectivity index (χ2n) is 7.87. The maximum Gasteiger partial charge on any atom is 0.339 e. The fraction of sp³-hybridized carbons (Fsp3) is 0.348. The Morgan fingerprint density at radius 2 is 1.83 bits per heavy atom. The van der Waals surface area contributed by atoms with Gasteiger partial charge in [-0.2, -0.15) is 0 Å². The van der Waals surface area contributed by atoms with Crippen molar-refractivity contribution in [2.24, 2.45) is 5.73 Å². The van der Waals surface area contributed by atoms with E-state index >= 15 is 0 Å². The van der Waals surface area contributed by atoms with Gasteiger partial charge in [-0.05, 0) is 42.2 Å². The van der Waals surface area contributed by atoms with Crippen molar-refractivity contribution in [1.29, 1.82) is 0 Å². The minimum absolute atomic E-state index is 0.0553. The molecular weight excluding hydrogens is 382 g/mol. The smallest absolute Gasteiger partial charge is 0.339 e. The van der Waals surface area contributed by atoms with E-state index in [1.54, 1.807) is 18.2 Å². The molecule has 2 aromatic rings. The molecule has 4 rings (SSSR count). The largest absolute Gasteiger partial charge is 0.454 e. The van der Waals surface area contributed by atoms with Gasteiger partial charge in [0, 0.05) is 31.1 Å². The fourth-order valence-electron chi connectivity index (χ4n) is 4.12. The number of carbonyl (C=O) groups is 3. The van der Waals surface area contributed by atoms with Crippen molar-refractivity contribution in [3.05, 3.63) is 70.8 Å². The van der Waals surface area contributed by atoms with Gasteiger partial charge >= 0.3 is 5.97 Å². The summed E-state index contributed by atoms with van der Waals surface area (Å²) in [6.07, 6.45) is 1.73. The van der Waals surface area contributed by atoms with Crippen LogP contribution in [0.2, 0.25) is 0 Å². The van der Waals surface area contributed by atoms with E-state index in [2.05, 4.69) is 5.32 Å². The van der Waals surface area contributed by atoms with Gasteiger partial charge in [0.25, 0.3) is 5.91 Å². The zero-order valence-corrected chi connectivity index (χ0v) is 16.7. The number of hydrogen-bond acceptors (Lipinski definition) is 5. The summed E-state index contributed by atoms with van der Waals surface area (Å²) in [5.41, 5.74) is 8.06. The minimum Gasteiger partial charge on any atom is -0.454 e. The number of amides is 2. The first-order valence-electron chi connectivity index (χ1n) is 10.2. The lowest BCUT2D eigenvalue weighted by molar-refractivity contribution is -0.119. The number of nitrogens with one attached hydrogen (secondary N) is 1. The number of nitrogens with two attached hydrogens (primary N) is 1. The molecule has 7 heteroatoms. The molecule has 3 N–H and O–H groups in total. The molecule has 2 amide bonds. The summed E-state index contributed by atoms with van der Waals surface area (Å²) in [7, 11) is 0. The molecule has 2 aliphatic heterocycles. The van der Waals surface area contributed by atoms with Crippen LogP contribution in [0.15, 0.2) is 48.5 Å². The quantitative estimate of drug-likeness (QED) is 0.736. The molecule has 0 radical (unpaired) electrons. The zero-order chi connectivity index (χ0) is 21.1. The Bertz CT molecular complexity index is 952. The number of likely N-dealkylation sites (tertiary alicyclic amines) is 1. The van der Waals surface area contributed by atoms with E-state index < -0.39 is 0 Å². The van der Waals surface area contributed by atoms with Gasteiger partial charge in [0.2, 0.25) is 5.91 Å². The highest BCUT2D eigenvalue weighted by molar-refractivity contribution is 5.98. The summed E-state index contributed by atoms with van der Waals surface area (Å²) in [5, 5.41) is 3.07. The normalized spacial score (nSPS) is 19.6. The first kappa shape index (κ1) is 20.1. The summed E-state index contributed by atoms with van der Waals surface area (Å²) in [4.78, 5) is 38.2. The Kier molecular flexibility index (Phi) is 5.81. The summed E-state index contributed by atoms with van der Waals surface area (Å²) >= 11 is 0. The monoisotopic (exact) mass is 407 g/mol. The molecular formula is C23H25N3O4. The molecule has 0 spiro atoms. The molecule has 2 aliphatic rings. The zero-order valence-electron chi connectivity index (χ0n) is 16.7. The average molecular weight is 407 g/mol. The Labute approximate surface area is 175 Å². The fourth-order valence-corrected chi connectivity index (χ4v) is 4.12. The van der Waals surface area contributed by atoms with Crippen LogP contribution in [-0.4, -0.2) is 48.4 Å². The molecule has 156 valence electrons. The molecule has 1 atom stereocenters. The molecule has 1 saturated heterocycles. The highest BCUT2D eigenvalue weighted by Crippen LogP contribution is 2.31. The molecule has 0 aliphatic carbocycles. The van der Waals surface area contributed by atoms with E-state index in [-0.39, 0.29) is 36.5 Å². The predicted octanol–water partition coefficient (Wildman–Crippen LogP) is 1.82. The van der Waals surface area contributed by atoms with Crippen LogP contribution in [0.4, 0.5) is 0 Å². The van der Waals surface area contributed by atoms with Crippen molar-refractivity contribution in [1.82, 2.24) is 10.2 Å². The van der Waals surface area contributed by atoms with Crippen LogP contribution in [0.1, 0.15) is 50.8 Å². The number of cyclic esters (lactones) is 1. The van der Waals surface area contributed by atoms with E-state index in [1.807, 2.05) is 35.2 Å². The summed E-state index contributed by atoms with van der Waals surface area (Å²) in [5.74, 6) is -0.848. The third kappa shape index (κ3) is 4.52. The van der Waals surface area contributed by atoms with Crippen molar-refractivity contribution in [2.75, 3.05) is 19.6 Å². The van der Waals surface area contributed by atoms with Crippen LogP contribution in [0, 0.1) is 0 Å². The van der Waals surface area contributed by atoms with Crippen LogP contribution in [0.3, 0.4) is 0 Å². The van der Waals surface area contributed by atoms with E-state index in [1.165, 1.54) is 0 Å². The van der Waals surface area contributed by atoms with Crippen molar-refractivity contribution < 1.29 is 19.1 Å². The lowest BCUT2D eigenvalue weighted by Gasteiger charge is -2.31. The number of rotatable bonds is 5. The molecule has 30 heavy (non-hydrogen) atoms. The number of esters is 1. The second-order valence-corrected chi connectivity index (χ2v) is 7.87. The van der Waals surface area contributed by atoms with Crippen LogP contribution < -0.4 is 11.1 Å². The van der Waals surface area contributed by atoms with Crippen LogP contribution in [0.5, 0.6) is 0 Å². The Hall–Kier alpha value is -3.19. The highest BCUT2D eigenvalue weighted by atomic mass is 16.5. The van der Waals surface area contributed by atoms with Crippen molar-refractivity contribution in [3.8, 4) is 0 Å². The number of benzene rings is 2. The summed E-state index contributed by atoms with van der Waals surface area (Å²) in [6.45, 7) is 1.70. The average Bonchev–Trinajstić information content (AvgIpc) is 2.75. The van der Waals surface area contributed by atoms with Gasteiger partial charge in [0.15, 0.2) is 0 Å². The molecule has 0 bridgehead atoms. The third-order valence-corrected chi connectivity index (χ3v) is 5.72. The Morgan fingerprint density at radius 1 is 1.10 bits per heavy atom. The predicted molar refractivity (Wildman–Crippen MR) is 111 cm³/mol. The maximum atomic E-state index is 12.8. The number of hydrogen-bond donors (Lipinski definition) is 2. The van der Waals surface area contributed by atoms with Crippen molar-refractivity contribution >= 4 is 17.8 Å². The van der Waals surface area contributed by atoms with Gasteiger partial charge < -0.3 is 15.8 Å². The Morgan fingerprint density at radius 3 is 2.53 bits per heavy atom. The number of carbonyl (C=O) groups excluding carboxylic acids is 3. The van der Waals surface area contributed by atoms with Gasteiger partial charge in [-0.15, -0.1) is 0 Å². The van der Waals surface area contributed by atoms with Gasteiger partial charge in [-0.1, -0.05) is 30.3 Å². The molecule has 0 aromatic heterocycles. The maximum absolute atomic E-state index is 12.8. The molecule has 2 aromatic carbocycles. The SMILES string of the molecule is NC(=O)CN1CCC(NC(=O)c2ccc3c(c2)CC(c2ccccc2)OC3=O)CC1. The molecule has 1 unspecified atom stereocenters. The Balaban J connectivity index is 1.42. The van der Waals surface area contributed by atoms with Gasteiger partial charge in [0.1, 0.15) is 6.10 Å². The minimum atomic E-state index is -0.362. The van der Waals surface area contributed by atoms with E-state index in [0.717, 1.165) is 37.1 Å².